The second kappa shape index (κ2) is 4.31. The zero-order valence-corrected chi connectivity index (χ0v) is 11.9. The smallest absolute Gasteiger partial charge is 0.271 e. The van der Waals surface area contributed by atoms with Crippen molar-refractivity contribution in [1.29, 1.82) is 0 Å². The van der Waals surface area contributed by atoms with Crippen LogP contribution in [0.25, 0.3) is 10.2 Å². The van der Waals surface area contributed by atoms with E-state index in [4.69, 9.17) is 0 Å². The Balaban J connectivity index is 2.09. The summed E-state index contributed by atoms with van der Waals surface area (Å²) in [5.74, 6) is 0. The zero-order chi connectivity index (χ0) is 13.6. The van der Waals surface area contributed by atoms with Crippen molar-refractivity contribution in [2.24, 2.45) is 7.05 Å². The van der Waals surface area contributed by atoms with E-state index in [1.54, 1.807) is 15.6 Å². The molecule has 3 heterocycles. The highest BCUT2D eigenvalue weighted by Crippen LogP contribution is 2.19. The lowest BCUT2D eigenvalue weighted by atomic mass is 10.3. The number of hydrogen-bond acceptors (Lipinski definition) is 4. The molecule has 3 aromatic rings. The third-order valence-corrected chi connectivity index (χ3v) is 4.23. The molecule has 0 aliphatic carbocycles. The van der Waals surface area contributed by atoms with Crippen LogP contribution >= 0.6 is 11.3 Å². The van der Waals surface area contributed by atoms with E-state index >= 15 is 0 Å². The van der Waals surface area contributed by atoms with Gasteiger partial charge in [0.05, 0.1) is 29.8 Å². The van der Waals surface area contributed by atoms with E-state index in [2.05, 4.69) is 10.1 Å². The second-order valence-corrected chi connectivity index (χ2v) is 5.55. The average molecular weight is 274 g/mol. The first kappa shape index (κ1) is 12.1. The quantitative estimate of drug-likeness (QED) is 0.716. The number of hydrogen-bond donors (Lipinski definition) is 0. The van der Waals surface area contributed by atoms with Gasteiger partial charge in [-0.2, -0.15) is 5.10 Å². The first-order chi connectivity index (χ1) is 9.06. The largest absolute Gasteiger partial charge is 0.292 e. The Hall–Kier alpha value is -1.95. The fourth-order valence-electron chi connectivity index (χ4n) is 2.16. The minimum Gasteiger partial charge on any atom is -0.292 e. The summed E-state index contributed by atoms with van der Waals surface area (Å²) in [7, 11) is 1.88. The van der Waals surface area contributed by atoms with Crippen LogP contribution in [0, 0.1) is 13.8 Å². The van der Waals surface area contributed by atoms with Gasteiger partial charge in [0.1, 0.15) is 4.70 Å². The van der Waals surface area contributed by atoms with Crippen molar-refractivity contribution in [1.82, 2.24) is 19.3 Å². The molecule has 0 aliphatic heterocycles. The Kier molecular flexibility index (Phi) is 2.74. The maximum atomic E-state index is 12.4. The minimum absolute atomic E-state index is 0.0157. The van der Waals surface area contributed by atoms with Crippen LogP contribution in [0.5, 0.6) is 0 Å². The van der Waals surface area contributed by atoms with Gasteiger partial charge in [-0.05, 0) is 30.9 Å². The van der Waals surface area contributed by atoms with Crippen molar-refractivity contribution in [3.05, 3.63) is 45.1 Å². The van der Waals surface area contributed by atoms with Gasteiger partial charge in [-0.3, -0.25) is 14.0 Å². The van der Waals surface area contributed by atoms with E-state index in [1.165, 1.54) is 11.3 Å². The van der Waals surface area contributed by atoms with Gasteiger partial charge >= 0.3 is 0 Å². The summed E-state index contributed by atoms with van der Waals surface area (Å²) in [6.45, 7) is 4.41. The van der Waals surface area contributed by atoms with Crippen molar-refractivity contribution < 1.29 is 0 Å². The Morgan fingerprint density at radius 2 is 2.16 bits per heavy atom. The molecular weight excluding hydrogens is 260 g/mol. The van der Waals surface area contributed by atoms with E-state index in [-0.39, 0.29) is 5.56 Å². The molecule has 3 rings (SSSR count). The number of aryl methyl sites for hydroxylation is 3. The minimum atomic E-state index is 0.0157. The molecule has 0 N–H and O–H groups in total. The Morgan fingerprint density at radius 3 is 2.84 bits per heavy atom. The highest BCUT2D eigenvalue weighted by molar-refractivity contribution is 7.17. The van der Waals surface area contributed by atoms with Gasteiger partial charge in [-0.25, -0.2) is 4.98 Å². The monoisotopic (exact) mass is 274 g/mol. The molecule has 0 saturated carbocycles. The predicted molar refractivity (Wildman–Crippen MR) is 75.7 cm³/mol. The number of aromatic nitrogens is 4. The Bertz CT molecular complexity index is 812. The summed E-state index contributed by atoms with van der Waals surface area (Å²) >= 11 is 1.46. The maximum Gasteiger partial charge on any atom is 0.271 e. The molecule has 0 bridgehead atoms. The van der Waals surface area contributed by atoms with Crippen LogP contribution in [0.3, 0.4) is 0 Å². The summed E-state index contributed by atoms with van der Waals surface area (Å²) in [6, 6.07) is 1.98. The lowest BCUT2D eigenvalue weighted by Crippen LogP contribution is -2.21. The molecule has 0 radical (unpaired) electrons. The van der Waals surface area contributed by atoms with E-state index in [1.807, 2.05) is 32.3 Å². The molecule has 0 spiro atoms. The van der Waals surface area contributed by atoms with Crippen molar-refractivity contribution in [2.75, 3.05) is 0 Å². The van der Waals surface area contributed by atoms with Crippen LogP contribution in [0.4, 0.5) is 0 Å². The first-order valence-electron chi connectivity index (χ1n) is 5.99. The van der Waals surface area contributed by atoms with Crippen LogP contribution in [-0.4, -0.2) is 19.3 Å². The van der Waals surface area contributed by atoms with Gasteiger partial charge in [0.2, 0.25) is 0 Å². The number of rotatable bonds is 2. The maximum absolute atomic E-state index is 12.4. The molecule has 0 saturated heterocycles. The van der Waals surface area contributed by atoms with Gasteiger partial charge in [0.15, 0.2) is 0 Å². The van der Waals surface area contributed by atoms with Crippen LogP contribution < -0.4 is 5.56 Å². The molecule has 0 unspecified atom stereocenters. The molecular formula is C13H14N4OS. The third-order valence-electron chi connectivity index (χ3n) is 3.15. The van der Waals surface area contributed by atoms with Crippen molar-refractivity contribution in [3.8, 4) is 0 Å². The first-order valence-corrected chi connectivity index (χ1v) is 6.87. The molecule has 0 aliphatic rings. The number of fused-ring (bicyclic) bond motifs is 1. The normalized spacial score (nSPS) is 11.3. The van der Waals surface area contributed by atoms with Gasteiger partial charge < -0.3 is 0 Å². The standard InChI is InChI=1S/C13H14N4OS/c1-8-6-19-12-11(8)14-7-17(13(12)18)5-10-4-9(2)15-16(10)3/h4,6-7H,5H2,1-3H3. The van der Waals surface area contributed by atoms with E-state index in [9.17, 15) is 4.79 Å². The summed E-state index contributed by atoms with van der Waals surface area (Å²) in [5, 5.41) is 6.26. The molecule has 0 fully saturated rings. The topological polar surface area (TPSA) is 52.7 Å². The predicted octanol–water partition coefficient (Wildman–Crippen LogP) is 1.86. The lowest BCUT2D eigenvalue weighted by Gasteiger charge is -2.05. The van der Waals surface area contributed by atoms with Crippen molar-refractivity contribution in [3.63, 3.8) is 0 Å². The SMILES string of the molecule is Cc1cc(Cn2cnc3c(C)csc3c2=O)n(C)n1. The van der Waals surface area contributed by atoms with Crippen LogP contribution in [0.1, 0.15) is 17.0 Å². The molecule has 19 heavy (non-hydrogen) atoms. The van der Waals surface area contributed by atoms with Crippen molar-refractivity contribution >= 4 is 21.6 Å². The van der Waals surface area contributed by atoms with Crippen LogP contribution in [-0.2, 0) is 13.6 Å². The van der Waals surface area contributed by atoms with Gasteiger partial charge in [-0.1, -0.05) is 0 Å². The van der Waals surface area contributed by atoms with E-state index < -0.39 is 0 Å². The summed E-state index contributed by atoms with van der Waals surface area (Å²) < 4.78 is 4.15. The molecule has 98 valence electrons. The number of thiophene rings is 1. The molecule has 5 nitrogen and oxygen atoms in total. The second-order valence-electron chi connectivity index (χ2n) is 4.67. The van der Waals surface area contributed by atoms with E-state index in [0.29, 0.717) is 6.54 Å². The number of nitrogens with zero attached hydrogens (tertiary/aromatic N) is 4. The Morgan fingerprint density at radius 1 is 1.37 bits per heavy atom. The molecule has 0 atom stereocenters. The fourth-order valence-corrected chi connectivity index (χ4v) is 3.11. The van der Waals surface area contributed by atoms with Gasteiger partial charge in [-0.15, -0.1) is 11.3 Å². The summed E-state index contributed by atoms with van der Waals surface area (Å²) in [5.41, 5.74) is 3.83. The third kappa shape index (κ3) is 1.98. The zero-order valence-electron chi connectivity index (χ0n) is 11.0. The fraction of sp³-hybridized carbons (Fsp3) is 0.308. The van der Waals surface area contributed by atoms with Crippen LogP contribution in [0.15, 0.2) is 22.6 Å². The molecule has 0 amide bonds. The highest BCUT2D eigenvalue weighted by Gasteiger charge is 2.10. The molecule has 6 heteroatoms. The molecule has 3 aromatic heterocycles. The van der Waals surface area contributed by atoms with E-state index in [0.717, 1.165) is 27.2 Å². The summed E-state index contributed by atoms with van der Waals surface area (Å²) in [6.07, 6.45) is 1.62. The highest BCUT2D eigenvalue weighted by atomic mass is 32.1. The average Bonchev–Trinajstić information content (AvgIpc) is 2.88. The van der Waals surface area contributed by atoms with Gasteiger partial charge in [0.25, 0.3) is 5.56 Å². The van der Waals surface area contributed by atoms with Crippen LogP contribution in [0.2, 0.25) is 0 Å². The summed E-state index contributed by atoms with van der Waals surface area (Å²) in [4.78, 5) is 16.7. The van der Waals surface area contributed by atoms with Crippen molar-refractivity contribution in [2.45, 2.75) is 20.4 Å². The van der Waals surface area contributed by atoms with Gasteiger partial charge in [0, 0.05) is 7.05 Å². The lowest BCUT2D eigenvalue weighted by molar-refractivity contribution is 0.648. The molecule has 0 aromatic carbocycles. The Labute approximate surface area is 114 Å².